The molecule has 1 aromatic carbocycles. The Kier molecular flexibility index (Phi) is 6.12. The standard InChI is InChI=1S/C15H26N2O2/c1-5-16-15(2,12-18)9-10-19-14-8-6-7-13(11-14)17(3)4/h6-8,11,16,18H,5,9-10,12H2,1-4H3. The summed E-state index contributed by atoms with van der Waals surface area (Å²) in [5.74, 6) is 0.864. The second kappa shape index (κ2) is 7.36. The molecule has 0 amide bonds. The van der Waals surface area contributed by atoms with Gasteiger partial charge in [-0.15, -0.1) is 0 Å². The van der Waals surface area contributed by atoms with E-state index >= 15 is 0 Å². The molecule has 0 aliphatic rings. The van der Waals surface area contributed by atoms with Gasteiger partial charge in [0.15, 0.2) is 0 Å². The Morgan fingerprint density at radius 1 is 1.37 bits per heavy atom. The molecule has 0 fully saturated rings. The van der Waals surface area contributed by atoms with Crippen LogP contribution in [0.15, 0.2) is 24.3 Å². The number of likely N-dealkylation sites (N-methyl/N-ethyl adjacent to an activating group) is 1. The van der Waals surface area contributed by atoms with Crippen LogP contribution in [0.4, 0.5) is 5.69 Å². The second-order valence-electron chi connectivity index (χ2n) is 5.24. The second-order valence-corrected chi connectivity index (χ2v) is 5.24. The van der Waals surface area contributed by atoms with Crippen LogP contribution in [0.2, 0.25) is 0 Å². The first-order valence-electron chi connectivity index (χ1n) is 6.77. The zero-order valence-electron chi connectivity index (χ0n) is 12.4. The van der Waals surface area contributed by atoms with Crippen LogP contribution < -0.4 is 15.0 Å². The molecule has 0 radical (unpaired) electrons. The van der Waals surface area contributed by atoms with Crippen molar-refractivity contribution in [1.82, 2.24) is 5.32 Å². The van der Waals surface area contributed by atoms with Crippen LogP contribution in [0.25, 0.3) is 0 Å². The molecule has 4 heteroatoms. The Labute approximate surface area is 116 Å². The molecule has 0 saturated heterocycles. The Balaban J connectivity index is 2.50. The number of nitrogens with one attached hydrogen (secondary N) is 1. The number of aliphatic hydroxyl groups is 1. The van der Waals surface area contributed by atoms with Crippen LogP contribution in [0.5, 0.6) is 5.75 Å². The predicted octanol–water partition coefficient (Wildman–Crippen LogP) is 1.88. The normalized spacial score (nSPS) is 13.9. The van der Waals surface area contributed by atoms with E-state index in [9.17, 15) is 5.11 Å². The number of aliphatic hydroxyl groups excluding tert-OH is 1. The molecule has 0 heterocycles. The van der Waals surface area contributed by atoms with E-state index in [1.54, 1.807) is 0 Å². The largest absolute Gasteiger partial charge is 0.493 e. The SMILES string of the molecule is CCNC(C)(CO)CCOc1cccc(N(C)C)c1. The molecule has 0 aliphatic carbocycles. The molecule has 2 N–H and O–H groups in total. The fourth-order valence-electron chi connectivity index (χ4n) is 1.90. The number of ether oxygens (including phenoxy) is 1. The van der Waals surface area contributed by atoms with Crippen molar-refractivity contribution in [2.24, 2.45) is 0 Å². The first kappa shape index (κ1) is 15.8. The molecule has 0 spiro atoms. The highest BCUT2D eigenvalue weighted by Crippen LogP contribution is 2.20. The van der Waals surface area contributed by atoms with Crippen molar-refractivity contribution < 1.29 is 9.84 Å². The van der Waals surface area contributed by atoms with Gasteiger partial charge in [0.2, 0.25) is 0 Å². The van der Waals surface area contributed by atoms with Crippen molar-refractivity contribution >= 4 is 5.69 Å². The first-order chi connectivity index (χ1) is 9.00. The van der Waals surface area contributed by atoms with E-state index in [0.29, 0.717) is 6.61 Å². The van der Waals surface area contributed by atoms with Crippen LogP contribution in [0, 0.1) is 0 Å². The highest BCUT2D eigenvalue weighted by Gasteiger charge is 2.21. The number of rotatable bonds is 8. The Morgan fingerprint density at radius 2 is 2.11 bits per heavy atom. The van der Waals surface area contributed by atoms with Crippen molar-refractivity contribution in [3.05, 3.63) is 24.3 Å². The zero-order valence-corrected chi connectivity index (χ0v) is 12.4. The molecule has 108 valence electrons. The summed E-state index contributed by atoms with van der Waals surface area (Å²) in [7, 11) is 4.01. The highest BCUT2D eigenvalue weighted by molar-refractivity contribution is 5.49. The number of hydrogen-bond acceptors (Lipinski definition) is 4. The Hall–Kier alpha value is -1.26. The smallest absolute Gasteiger partial charge is 0.121 e. The van der Waals surface area contributed by atoms with Gasteiger partial charge >= 0.3 is 0 Å². The lowest BCUT2D eigenvalue weighted by Crippen LogP contribution is -2.46. The van der Waals surface area contributed by atoms with Gasteiger partial charge in [-0.3, -0.25) is 0 Å². The lowest BCUT2D eigenvalue weighted by molar-refractivity contribution is 0.146. The van der Waals surface area contributed by atoms with Gasteiger partial charge in [-0.05, 0) is 25.6 Å². The van der Waals surface area contributed by atoms with Crippen molar-refractivity contribution in [2.45, 2.75) is 25.8 Å². The molecule has 0 aliphatic heterocycles. The number of nitrogens with zero attached hydrogens (tertiary/aromatic N) is 1. The van der Waals surface area contributed by atoms with E-state index in [-0.39, 0.29) is 12.1 Å². The summed E-state index contributed by atoms with van der Waals surface area (Å²) in [6, 6.07) is 8.00. The summed E-state index contributed by atoms with van der Waals surface area (Å²) in [6.45, 7) is 5.58. The van der Waals surface area contributed by atoms with Crippen molar-refractivity contribution in [2.75, 3.05) is 38.8 Å². The lowest BCUT2D eigenvalue weighted by atomic mass is 10.00. The maximum atomic E-state index is 9.41. The molecule has 1 unspecified atom stereocenters. The summed E-state index contributed by atoms with van der Waals surface area (Å²) in [4.78, 5) is 2.04. The third-order valence-electron chi connectivity index (χ3n) is 3.21. The van der Waals surface area contributed by atoms with Gasteiger partial charge in [-0.25, -0.2) is 0 Å². The summed E-state index contributed by atoms with van der Waals surface area (Å²) < 4.78 is 5.76. The van der Waals surface area contributed by atoms with Crippen LogP contribution in [-0.2, 0) is 0 Å². The van der Waals surface area contributed by atoms with Crippen molar-refractivity contribution in [1.29, 1.82) is 0 Å². The van der Waals surface area contributed by atoms with Crippen LogP contribution in [0.3, 0.4) is 0 Å². The molecular weight excluding hydrogens is 240 g/mol. The van der Waals surface area contributed by atoms with E-state index in [1.165, 1.54) is 0 Å². The van der Waals surface area contributed by atoms with Crippen molar-refractivity contribution in [3.8, 4) is 5.75 Å². The molecule has 1 rings (SSSR count). The van der Waals surface area contributed by atoms with Gasteiger partial charge in [0.25, 0.3) is 0 Å². The fraction of sp³-hybridized carbons (Fsp3) is 0.600. The van der Waals surface area contributed by atoms with Gasteiger partial charge in [0, 0.05) is 37.8 Å². The number of anilines is 1. The molecular formula is C15H26N2O2. The average Bonchev–Trinajstić information content (AvgIpc) is 2.39. The molecule has 1 aromatic rings. The van der Waals surface area contributed by atoms with Gasteiger partial charge in [-0.2, -0.15) is 0 Å². The maximum absolute atomic E-state index is 9.41. The van der Waals surface area contributed by atoms with Gasteiger partial charge in [0.1, 0.15) is 5.75 Å². The Bertz CT molecular complexity index is 382. The topological polar surface area (TPSA) is 44.7 Å². The third kappa shape index (κ3) is 5.09. The Morgan fingerprint density at radius 3 is 2.68 bits per heavy atom. The van der Waals surface area contributed by atoms with Crippen LogP contribution >= 0.6 is 0 Å². The lowest BCUT2D eigenvalue weighted by Gasteiger charge is -2.28. The van der Waals surface area contributed by atoms with E-state index in [0.717, 1.165) is 24.4 Å². The minimum absolute atomic E-state index is 0.113. The average molecular weight is 266 g/mol. The van der Waals surface area contributed by atoms with Crippen LogP contribution in [-0.4, -0.2) is 44.5 Å². The van der Waals surface area contributed by atoms with Crippen LogP contribution in [0.1, 0.15) is 20.3 Å². The van der Waals surface area contributed by atoms with E-state index in [1.807, 2.05) is 57.1 Å². The molecule has 0 bridgehead atoms. The van der Waals surface area contributed by atoms with E-state index in [2.05, 4.69) is 5.32 Å². The van der Waals surface area contributed by atoms with E-state index in [4.69, 9.17) is 4.74 Å². The fourth-order valence-corrected chi connectivity index (χ4v) is 1.90. The molecule has 19 heavy (non-hydrogen) atoms. The van der Waals surface area contributed by atoms with Gasteiger partial charge in [-0.1, -0.05) is 13.0 Å². The molecule has 0 aromatic heterocycles. The molecule has 4 nitrogen and oxygen atoms in total. The van der Waals surface area contributed by atoms with Gasteiger partial charge in [0.05, 0.1) is 13.2 Å². The quantitative estimate of drug-likeness (QED) is 0.754. The first-order valence-corrected chi connectivity index (χ1v) is 6.77. The summed E-state index contributed by atoms with van der Waals surface area (Å²) in [6.07, 6.45) is 0.767. The molecule has 1 atom stereocenters. The van der Waals surface area contributed by atoms with Gasteiger partial charge < -0.3 is 20.1 Å². The highest BCUT2D eigenvalue weighted by atomic mass is 16.5. The summed E-state index contributed by atoms with van der Waals surface area (Å²) in [5, 5.41) is 12.7. The predicted molar refractivity (Wildman–Crippen MR) is 80.0 cm³/mol. The maximum Gasteiger partial charge on any atom is 0.121 e. The molecule has 0 saturated carbocycles. The summed E-state index contributed by atoms with van der Waals surface area (Å²) in [5.41, 5.74) is 0.850. The summed E-state index contributed by atoms with van der Waals surface area (Å²) >= 11 is 0. The number of benzene rings is 1. The third-order valence-corrected chi connectivity index (χ3v) is 3.21. The van der Waals surface area contributed by atoms with Crippen molar-refractivity contribution in [3.63, 3.8) is 0 Å². The monoisotopic (exact) mass is 266 g/mol. The number of hydrogen-bond donors (Lipinski definition) is 2. The zero-order chi connectivity index (χ0) is 14.3. The minimum atomic E-state index is -0.270. The minimum Gasteiger partial charge on any atom is -0.493 e. The van der Waals surface area contributed by atoms with E-state index < -0.39 is 0 Å².